The fourth-order valence-corrected chi connectivity index (χ4v) is 2.39. The van der Waals surface area contributed by atoms with Gasteiger partial charge in [-0.15, -0.1) is 0 Å². The number of hydrogen-bond acceptors (Lipinski definition) is 4. The number of thioether (sulfide) groups is 1. The summed E-state index contributed by atoms with van der Waals surface area (Å²) in [5.41, 5.74) is 1.01. The summed E-state index contributed by atoms with van der Waals surface area (Å²) in [6.07, 6.45) is 9.43. The van der Waals surface area contributed by atoms with Crippen molar-refractivity contribution in [3.63, 3.8) is 0 Å². The standard InChI is InChI=1S/C11H11N5S/c1-15-6-4-13-11(15)17-8-9-7-16-5-2-3-12-10(16)14-9/h2-7H,8H2,1H3. The van der Waals surface area contributed by atoms with Crippen LogP contribution in [0.3, 0.4) is 0 Å². The van der Waals surface area contributed by atoms with E-state index in [1.807, 2.05) is 40.7 Å². The first kappa shape index (κ1) is 10.3. The first-order valence-corrected chi connectivity index (χ1v) is 6.20. The summed E-state index contributed by atoms with van der Waals surface area (Å²) in [5.74, 6) is 1.54. The predicted molar refractivity (Wildman–Crippen MR) is 65.8 cm³/mol. The Balaban J connectivity index is 1.79. The molecule has 0 amide bonds. The fraction of sp³-hybridized carbons (Fsp3) is 0.182. The van der Waals surface area contributed by atoms with Gasteiger partial charge in [-0.2, -0.15) is 0 Å². The van der Waals surface area contributed by atoms with Crippen LogP contribution in [0, 0.1) is 0 Å². The molecule has 0 saturated carbocycles. The summed E-state index contributed by atoms with van der Waals surface area (Å²) in [6.45, 7) is 0. The molecule has 0 fully saturated rings. The average molecular weight is 245 g/mol. The zero-order chi connectivity index (χ0) is 11.7. The summed E-state index contributed by atoms with van der Waals surface area (Å²) < 4.78 is 3.92. The molecule has 0 atom stereocenters. The highest BCUT2D eigenvalue weighted by Gasteiger charge is 2.05. The molecule has 6 heteroatoms. The van der Waals surface area contributed by atoms with Crippen LogP contribution in [-0.4, -0.2) is 23.9 Å². The van der Waals surface area contributed by atoms with Gasteiger partial charge in [0.25, 0.3) is 0 Å². The van der Waals surface area contributed by atoms with E-state index >= 15 is 0 Å². The molecular formula is C11H11N5S. The Bertz CT molecular complexity index is 609. The van der Waals surface area contributed by atoms with Crippen molar-refractivity contribution in [2.24, 2.45) is 7.05 Å². The highest BCUT2D eigenvalue weighted by Crippen LogP contribution is 2.19. The Morgan fingerprint density at radius 1 is 1.24 bits per heavy atom. The molecule has 3 rings (SSSR count). The molecule has 0 unspecified atom stereocenters. The van der Waals surface area contributed by atoms with E-state index in [0.29, 0.717) is 0 Å². The lowest BCUT2D eigenvalue weighted by molar-refractivity contribution is 0.789. The number of fused-ring (bicyclic) bond motifs is 1. The Morgan fingerprint density at radius 2 is 2.18 bits per heavy atom. The maximum Gasteiger partial charge on any atom is 0.233 e. The Morgan fingerprint density at radius 3 is 2.94 bits per heavy atom. The Hall–Kier alpha value is -1.82. The third-order valence-corrected chi connectivity index (χ3v) is 3.50. The number of rotatable bonds is 3. The highest BCUT2D eigenvalue weighted by molar-refractivity contribution is 7.98. The third-order valence-electron chi connectivity index (χ3n) is 2.41. The number of hydrogen-bond donors (Lipinski definition) is 0. The quantitative estimate of drug-likeness (QED) is 0.660. The van der Waals surface area contributed by atoms with E-state index in [0.717, 1.165) is 22.4 Å². The van der Waals surface area contributed by atoms with Gasteiger partial charge >= 0.3 is 0 Å². The third kappa shape index (κ3) is 2.03. The van der Waals surface area contributed by atoms with E-state index in [9.17, 15) is 0 Å². The van der Waals surface area contributed by atoms with Crippen molar-refractivity contribution in [3.05, 3.63) is 42.7 Å². The zero-order valence-corrected chi connectivity index (χ0v) is 10.1. The second-order valence-electron chi connectivity index (χ2n) is 3.67. The van der Waals surface area contributed by atoms with E-state index in [2.05, 4.69) is 15.0 Å². The monoisotopic (exact) mass is 245 g/mol. The normalized spacial score (nSPS) is 11.1. The van der Waals surface area contributed by atoms with Crippen molar-refractivity contribution in [1.82, 2.24) is 23.9 Å². The first-order valence-electron chi connectivity index (χ1n) is 5.21. The zero-order valence-electron chi connectivity index (χ0n) is 9.32. The molecule has 0 aliphatic heterocycles. The van der Waals surface area contributed by atoms with Crippen LogP contribution >= 0.6 is 11.8 Å². The summed E-state index contributed by atoms with van der Waals surface area (Å²) in [6, 6.07) is 1.89. The number of imidazole rings is 2. The van der Waals surface area contributed by atoms with Crippen LogP contribution in [0.2, 0.25) is 0 Å². The SMILES string of the molecule is Cn1ccnc1SCc1cn2cccnc2n1. The van der Waals surface area contributed by atoms with Crippen molar-refractivity contribution >= 4 is 17.5 Å². The van der Waals surface area contributed by atoms with Crippen molar-refractivity contribution in [2.45, 2.75) is 10.9 Å². The lowest BCUT2D eigenvalue weighted by Crippen LogP contribution is -1.89. The second kappa shape index (κ2) is 4.21. The average Bonchev–Trinajstić information content (AvgIpc) is 2.92. The molecule has 0 spiro atoms. The summed E-state index contributed by atoms with van der Waals surface area (Å²) >= 11 is 1.67. The molecule has 3 aromatic rings. The van der Waals surface area contributed by atoms with Crippen LogP contribution in [0.5, 0.6) is 0 Å². The van der Waals surface area contributed by atoms with Gasteiger partial charge in [0, 0.05) is 43.8 Å². The smallest absolute Gasteiger partial charge is 0.233 e. The van der Waals surface area contributed by atoms with Crippen LogP contribution in [0.15, 0.2) is 42.2 Å². The Labute approximate surface area is 103 Å². The van der Waals surface area contributed by atoms with Crippen molar-refractivity contribution in [2.75, 3.05) is 0 Å². The van der Waals surface area contributed by atoms with E-state index in [-0.39, 0.29) is 0 Å². The van der Waals surface area contributed by atoms with E-state index in [4.69, 9.17) is 0 Å². The maximum absolute atomic E-state index is 4.44. The molecule has 0 aromatic carbocycles. The minimum atomic E-state index is 0.739. The molecule has 0 radical (unpaired) electrons. The van der Waals surface area contributed by atoms with E-state index in [1.165, 1.54) is 0 Å². The molecule has 0 N–H and O–H groups in total. The van der Waals surface area contributed by atoms with Gasteiger partial charge in [-0.05, 0) is 6.07 Å². The molecule has 0 aliphatic carbocycles. The van der Waals surface area contributed by atoms with Gasteiger partial charge in [-0.25, -0.2) is 15.0 Å². The molecule has 86 valence electrons. The van der Waals surface area contributed by atoms with Gasteiger partial charge in [-0.3, -0.25) is 4.40 Å². The van der Waals surface area contributed by atoms with Crippen LogP contribution in [0.1, 0.15) is 5.69 Å². The Kier molecular flexibility index (Phi) is 2.56. The van der Waals surface area contributed by atoms with Gasteiger partial charge in [0.15, 0.2) is 5.16 Å². The van der Waals surface area contributed by atoms with Gasteiger partial charge in [0.1, 0.15) is 0 Å². The van der Waals surface area contributed by atoms with E-state index < -0.39 is 0 Å². The maximum atomic E-state index is 4.44. The molecule has 5 nitrogen and oxygen atoms in total. The number of nitrogens with zero attached hydrogens (tertiary/aromatic N) is 5. The molecule has 0 saturated heterocycles. The van der Waals surface area contributed by atoms with Crippen molar-refractivity contribution in [3.8, 4) is 0 Å². The summed E-state index contributed by atoms with van der Waals surface area (Å²) in [4.78, 5) is 12.9. The van der Waals surface area contributed by atoms with Crippen molar-refractivity contribution < 1.29 is 0 Å². The fourth-order valence-electron chi connectivity index (χ4n) is 1.58. The lowest BCUT2D eigenvalue weighted by atomic mass is 10.6. The van der Waals surface area contributed by atoms with Crippen molar-refractivity contribution in [1.29, 1.82) is 0 Å². The topological polar surface area (TPSA) is 48.0 Å². The molecule has 3 heterocycles. The number of aromatic nitrogens is 5. The van der Waals surface area contributed by atoms with Crippen LogP contribution in [0.4, 0.5) is 0 Å². The van der Waals surface area contributed by atoms with Gasteiger partial charge in [-0.1, -0.05) is 11.8 Å². The molecule has 0 bridgehead atoms. The summed E-state index contributed by atoms with van der Waals surface area (Å²) in [7, 11) is 1.99. The number of aryl methyl sites for hydroxylation is 1. The van der Waals surface area contributed by atoms with Crippen LogP contribution in [0.25, 0.3) is 5.78 Å². The predicted octanol–water partition coefficient (Wildman–Crippen LogP) is 1.76. The minimum absolute atomic E-state index is 0.739. The lowest BCUT2D eigenvalue weighted by Gasteiger charge is -1.98. The van der Waals surface area contributed by atoms with Gasteiger partial charge in [0.2, 0.25) is 5.78 Å². The molecule has 17 heavy (non-hydrogen) atoms. The van der Waals surface area contributed by atoms with Gasteiger partial charge in [0.05, 0.1) is 5.69 Å². The minimum Gasteiger partial charge on any atom is -0.329 e. The summed E-state index contributed by atoms with van der Waals surface area (Å²) in [5, 5.41) is 0.995. The van der Waals surface area contributed by atoms with Crippen LogP contribution < -0.4 is 0 Å². The first-order chi connectivity index (χ1) is 8.33. The molecule has 3 aromatic heterocycles. The molecule has 0 aliphatic rings. The van der Waals surface area contributed by atoms with Crippen LogP contribution in [-0.2, 0) is 12.8 Å². The largest absolute Gasteiger partial charge is 0.329 e. The second-order valence-corrected chi connectivity index (χ2v) is 4.61. The van der Waals surface area contributed by atoms with E-state index in [1.54, 1.807) is 24.2 Å². The highest BCUT2D eigenvalue weighted by atomic mass is 32.2. The molecular weight excluding hydrogens is 234 g/mol. The van der Waals surface area contributed by atoms with Gasteiger partial charge < -0.3 is 4.57 Å².